The Labute approximate surface area is 154 Å². The maximum absolute atomic E-state index is 12.5. The molecule has 0 unspecified atom stereocenters. The molecule has 1 saturated carbocycles. The van der Waals surface area contributed by atoms with Gasteiger partial charge in [-0.25, -0.2) is 9.67 Å². The summed E-state index contributed by atoms with van der Waals surface area (Å²) >= 11 is 1.40. The minimum absolute atomic E-state index is 0.266. The van der Waals surface area contributed by atoms with E-state index in [9.17, 15) is 4.79 Å². The maximum atomic E-state index is 12.5. The van der Waals surface area contributed by atoms with Crippen molar-refractivity contribution >= 4 is 38.3 Å². The van der Waals surface area contributed by atoms with Crippen LogP contribution >= 0.6 is 11.3 Å². The number of fused-ring (bicyclic) bond motifs is 1. The number of carbonyl (C=O) groups excluding carboxylic acids is 1. The van der Waals surface area contributed by atoms with Crippen molar-refractivity contribution in [2.75, 3.05) is 11.1 Å². The van der Waals surface area contributed by atoms with Gasteiger partial charge in [0.2, 0.25) is 0 Å². The fourth-order valence-electron chi connectivity index (χ4n) is 3.41. The molecule has 26 heavy (non-hydrogen) atoms. The Morgan fingerprint density at radius 3 is 2.85 bits per heavy atom. The summed E-state index contributed by atoms with van der Waals surface area (Å²) in [5.74, 6) is -0.278. The average Bonchev–Trinajstić information content (AvgIpc) is 3.22. The number of hydrogen-bond donors (Lipinski definition) is 3. The summed E-state index contributed by atoms with van der Waals surface area (Å²) in [5.41, 5.74) is 14.6. The summed E-state index contributed by atoms with van der Waals surface area (Å²) in [4.78, 5) is 16.8. The zero-order valence-electron chi connectivity index (χ0n) is 14.5. The first kappa shape index (κ1) is 16.9. The van der Waals surface area contributed by atoms with Gasteiger partial charge in [-0.1, -0.05) is 16.6 Å². The average molecular weight is 371 g/mol. The molecule has 3 aromatic rings. The van der Waals surface area contributed by atoms with E-state index in [0.29, 0.717) is 16.5 Å². The number of anilines is 2. The van der Waals surface area contributed by atoms with Crippen LogP contribution in [-0.2, 0) is 0 Å². The molecule has 2 heterocycles. The van der Waals surface area contributed by atoms with Crippen molar-refractivity contribution in [2.45, 2.75) is 44.7 Å². The van der Waals surface area contributed by atoms with Gasteiger partial charge < -0.3 is 16.8 Å². The molecule has 136 valence electrons. The number of amides is 1. The Bertz CT molecular complexity index is 955. The largest absolute Gasteiger partial charge is 0.375 e. The van der Waals surface area contributed by atoms with Crippen molar-refractivity contribution < 1.29 is 4.79 Å². The number of nitrogens with one attached hydrogen (secondary N) is 1. The fraction of sp³-hybridized carbons (Fsp3) is 0.412. The van der Waals surface area contributed by atoms with Gasteiger partial charge in [0.1, 0.15) is 0 Å². The second-order valence-corrected chi connectivity index (χ2v) is 7.86. The third-order valence-corrected chi connectivity index (χ3v) is 5.65. The van der Waals surface area contributed by atoms with E-state index < -0.39 is 0 Å². The molecule has 0 saturated heterocycles. The summed E-state index contributed by atoms with van der Waals surface area (Å²) in [6.07, 6.45) is 5.60. The van der Waals surface area contributed by atoms with Crippen molar-refractivity contribution in [2.24, 2.45) is 5.73 Å². The first-order chi connectivity index (χ1) is 12.5. The predicted molar refractivity (Wildman–Crippen MR) is 102 cm³/mol. The number of thiazole rings is 1. The van der Waals surface area contributed by atoms with Crippen LogP contribution in [0.15, 0.2) is 18.3 Å². The lowest BCUT2D eigenvalue weighted by atomic mass is 9.92. The van der Waals surface area contributed by atoms with Gasteiger partial charge in [0.15, 0.2) is 10.8 Å². The van der Waals surface area contributed by atoms with Crippen molar-refractivity contribution in [1.29, 1.82) is 0 Å². The first-order valence-corrected chi connectivity index (χ1v) is 9.46. The molecule has 0 atom stereocenters. The van der Waals surface area contributed by atoms with Crippen LogP contribution in [0.4, 0.5) is 10.8 Å². The quantitative estimate of drug-likeness (QED) is 0.649. The number of nitrogen functional groups attached to an aromatic ring is 1. The SMILES string of the molecule is Cc1cc(NC(=O)c2cn(C3CCC(N)CC3)nn2)cc2sc(N)nc12. The maximum Gasteiger partial charge on any atom is 0.277 e. The van der Waals surface area contributed by atoms with Crippen molar-refractivity contribution in [3.63, 3.8) is 0 Å². The lowest BCUT2D eigenvalue weighted by molar-refractivity contribution is 0.102. The number of rotatable bonds is 3. The Kier molecular flexibility index (Phi) is 4.33. The van der Waals surface area contributed by atoms with Gasteiger partial charge in [-0.05, 0) is 50.3 Å². The van der Waals surface area contributed by atoms with E-state index in [0.717, 1.165) is 41.5 Å². The molecule has 1 aliphatic carbocycles. The number of hydrogen-bond acceptors (Lipinski definition) is 7. The molecule has 2 aromatic heterocycles. The van der Waals surface area contributed by atoms with E-state index in [-0.39, 0.29) is 18.0 Å². The number of aromatic nitrogens is 4. The van der Waals surface area contributed by atoms with Crippen LogP contribution in [0.25, 0.3) is 10.2 Å². The highest BCUT2D eigenvalue weighted by molar-refractivity contribution is 7.22. The zero-order valence-corrected chi connectivity index (χ0v) is 15.3. The molecular formula is C17H21N7OS. The topological polar surface area (TPSA) is 125 Å². The Balaban J connectivity index is 1.50. The Hall–Kier alpha value is -2.52. The summed E-state index contributed by atoms with van der Waals surface area (Å²) in [5, 5.41) is 11.6. The summed E-state index contributed by atoms with van der Waals surface area (Å²) in [6, 6.07) is 4.30. The first-order valence-electron chi connectivity index (χ1n) is 8.65. The van der Waals surface area contributed by atoms with Gasteiger partial charge in [0.25, 0.3) is 5.91 Å². The molecule has 1 fully saturated rings. The van der Waals surface area contributed by atoms with Crippen LogP contribution in [-0.4, -0.2) is 31.9 Å². The van der Waals surface area contributed by atoms with Gasteiger partial charge in [0, 0.05) is 11.7 Å². The van der Waals surface area contributed by atoms with E-state index in [1.807, 2.05) is 19.1 Å². The summed E-state index contributed by atoms with van der Waals surface area (Å²) in [7, 11) is 0. The van der Waals surface area contributed by atoms with Crippen molar-refractivity contribution in [1.82, 2.24) is 20.0 Å². The van der Waals surface area contributed by atoms with Gasteiger partial charge in [-0.15, -0.1) is 5.10 Å². The smallest absolute Gasteiger partial charge is 0.277 e. The highest BCUT2D eigenvalue weighted by Crippen LogP contribution is 2.30. The molecule has 9 heteroatoms. The second-order valence-electron chi connectivity index (χ2n) is 6.80. The Morgan fingerprint density at radius 2 is 2.08 bits per heavy atom. The van der Waals surface area contributed by atoms with E-state index in [1.165, 1.54) is 11.3 Å². The lowest BCUT2D eigenvalue weighted by Crippen LogP contribution is -2.28. The standard InChI is InChI=1S/C17H21N7OS/c1-9-6-11(7-14-15(9)21-17(19)26-14)20-16(25)13-8-24(23-22-13)12-4-2-10(18)3-5-12/h6-8,10,12H,2-5,18H2,1H3,(H2,19,21)(H,20,25). The van der Waals surface area contributed by atoms with Crippen LogP contribution in [0.1, 0.15) is 47.8 Å². The van der Waals surface area contributed by atoms with Crippen LogP contribution < -0.4 is 16.8 Å². The lowest BCUT2D eigenvalue weighted by Gasteiger charge is -2.25. The molecule has 8 nitrogen and oxygen atoms in total. The highest BCUT2D eigenvalue weighted by atomic mass is 32.1. The molecular weight excluding hydrogens is 350 g/mol. The van der Waals surface area contributed by atoms with Crippen molar-refractivity contribution in [3.05, 3.63) is 29.6 Å². The number of benzene rings is 1. The minimum atomic E-state index is -0.278. The molecule has 0 bridgehead atoms. The number of aryl methyl sites for hydroxylation is 1. The van der Waals surface area contributed by atoms with E-state index in [4.69, 9.17) is 11.5 Å². The number of carbonyl (C=O) groups is 1. The zero-order chi connectivity index (χ0) is 18.3. The van der Waals surface area contributed by atoms with Gasteiger partial charge in [-0.3, -0.25) is 4.79 Å². The van der Waals surface area contributed by atoms with Gasteiger partial charge >= 0.3 is 0 Å². The number of nitrogens with two attached hydrogens (primary N) is 2. The number of nitrogens with zero attached hydrogens (tertiary/aromatic N) is 4. The van der Waals surface area contributed by atoms with Crippen LogP contribution in [0.3, 0.4) is 0 Å². The summed E-state index contributed by atoms with van der Waals surface area (Å²) < 4.78 is 2.74. The van der Waals surface area contributed by atoms with Crippen LogP contribution in [0.2, 0.25) is 0 Å². The molecule has 0 aliphatic heterocycles. The molecule has 0 spiro atoms. The molecule has 1 aliphatic rings. The summed E-state index contributed by atoms with van der Waals surface area (Å²) in [6.45, 7) is 1.95. The van der Waals surface area contributed by atoms with Crippen molar-refractivity contribution in [3.8, 4) is 0 Å². The molecule has 1 aromatic carbocycles. The minimum Gasteiger partial charge on any atom is -0.375 e. The molecule has 0 radical (unpaired) electrons. The molecule has 4 rings (SSSR count). The van der Waals surface area contributed by atoms with Gasteiger partial charge in [-0.2, -0.15) is 0 Å². The van der Waals surface area contributed by atoms with E-state index >= 15 is 0 Å². The highest BCUT2D eigenvalue weighted by Gasteiger charge is 2.22. The third kappa shape index (κ3) is 3.27. The van der Waals surface area contributed by atoms with E-state index in [1.54, 1.807) is 10.9 Å². The predicted octanol–water partition coefficient (Wildman–Crippen LogP) is 2.47. The second kappa shape index (κ2) is 6.65. The fourth-order valence-corrected chi connectivity index (χ4v) is 4.26. The Morgan fingerprint density at radius 1 is 1.31 bits per heavy atom. The van der Waals surface area contributed by atoms with E-state index in [2.05, 4.69) is 20.6 Å². The monoisotopic (exact) mass is 371 g/mol. The molecule has 1 amide bonds. The van der Waals surface area contributed by atoms with Gasteiger partial charge in [0.05, 0.1) is 22.5 Å². The molecule has 5 N–H and O–H groups in total. The van der Waals surface area contributed by atoms with Crippen LogP contribution in [0.5, 0.6) is 0 Å². The van der Waals surface area contributed by atoms with Crippen LogP contribution in [0, 0.1) is 6.92 Å². The normalized spacial score (nSPS) is 20.4. The third-order valence-electron chi connectivity index (χ3n) is 4.82.